The van der Waals surface area contributed by atoms with Gasteiger partial charge in [0.2, 0.25) is 0 Å². The van der Waals surface area contributed by atoms with Crippen molar-refractivity contribution in [2.75, 3.05) is 20.8 Å². The highest BCUT2D eigenvalue weighted by atomic mass is 16.5. The van der Waals surface area contributed by atoms with Crippen LogP contribution in [-0.4, -0.2) is 42.5 Å². The molecule has 0 spiro atoms. The third-order valence-electron chi connectivity index (χ3n) is 4.57. The van der Waals surface area contributed by atoms with Crippen molar-refractivity contribution >= 4 is 11.7 Å². The van der Waals surface area contributed by atoms with Gasteiger partial charge in [0.1, 0.15) is 0 Å². The Morgan fingerprint density at radius 2 is 2.00 bits per heavy atom. The van der Waals surface area contributed by atoms with Gasteiger partial charge in [-0.15, -0.1) is 6.58 Å². The summed E-state index contributed by atoms with van der Waals surface area (Å²) >= 11 is 0. The molecule has 3 rings (SSSR count). The second kappa shape index (κ2) is 6.63. The lowest BCUT2D eigenvalue weighted by Gasteiger charge is -2.26. The highest BCUT2D eigenvalue weighted by molar-refractivity contribution is 6.10. The maximum Gasteiger partial charge on any atom is 0.290 e. The van der Waals surface area contributed by atoms with Gasteiger partial charge in [-0.3, -0.25) is 9.59 Å². The van der Waals surface area contributed by atoms with Crippen LogP contribution < -0.4 is 9.47 Å². The van der Waals surface area contributed by atoms with Crippen LogP contribution in [0.15, 0.2) is 42.2 Å². The van der Waals surface area contributed by atoms with Gasteiger partial charge in [-0.2, -0.15) is 0 Å². The van der Waals surface area contributed by atoms with Gasteiger partial charge >= 0.3 is 0 Å². The van der Waals surface area contributed by atoms with Crippen molar-refractivity contribution < 1.29 is 24.2 Å². The number of rotatable bonds is 7. The summed E-state index contributed by atoms with van der Waals surface area (Å²) in [5, 5.41) is 10.3. The molecule has 1 aliphatic heterocycles. The summed E-state index contributed by atoms with van der Waals surface area (Å²) in [4.78, 5) is 26.6. The summed E-state index contributed by atoms with van der Waals surface area (Å²) in [6, 6.07) is 4.57. The van der Waals surface area contributed by atoms with Crippen LogP contribution in [0.5, 0.6) is 11.5 Å². The summed E-state index contributed by atoms with van der Waals surface area (Å²) in [5.74, 6) is -0.222. The number of benzene rings is 1. The molecule has 1 atom stereocenters. The summed E-state index contributed by atoms with van der Waals surface area (Å²) in [6.07, 6.45) is 3.16. The van der Waals surface area contributed by atoms with Gasteiger partial charge in [0.25, 0.3) is 5.91 Å². The number of hydrogen-bond acceptors (Lipinski definition) is 5. The first-order valence-electron chi connectivity index (χ1n) is 8.14. The SMILES string of the molecule is C=CCN1C(=O)C(O)=C(C(=O)C2CC2)[C@@H]1c1ccc(OC)c(OC)c1. The van der Waals surface area contributed by atoms with E-state index in [9.17, 15) is 14.7 Å². The average molecular weight is 343 g/mol. The number of aliphatic hydroxyl groups is 1. The molecule has 1 aromatic carbocycles. The van der Waals surface area contributed by atoms with Crippen LogP contribution >= 0.6 is 0 Å². The minimum absolute atomic E-state index is 0.101. The number of aliphatic hydroxyl groups excluding tert-OH is 1. The quantitative estimate of drug-likeness (QED) is 0.770. The van der Waals surface area contributed by atoms with Gasteiger partial charge in [-0.25, -0.2) is 0 Å². The van der Waals surface area contributed by atoms with Crippen LogP contribution in [0.4, 0.5) is 0 Å². The Bertz CT molecular complexity index is 763. The average Bonchev–Trinajstić information content (AvgIpc) is 3.44. The zero-order valence-electron chi connectivity index (χ0n) is 14.3. The van der Waals surface area contributed by atoms with Crippen LogP contribution in [0.2, 0.25) is 0 Å². The normalized spacial score (nSPS) is 20.0. The standard InChI is InChI=1S/C19H21NO5/c1-4-9-20-16(12-7-8-13(24-2)14(10-12)25-3)15(18(22)19(20)23)17(21)11-5-6-11/h4,7-8,10-11,16,22H,1,5-6,9H2,2-3H3/t16-/m0/s1. The van der Waals surface area contributed by atoms with E-state index in [1.807, 2.05) is 0 Å². The number of methoxy groups -OCH3 is 2. The van der Waals surface area contributed by atoms with Crippen molar-refractivity contribution in [3.63, 3.8) is 0 Å². The minimum Gasteiger partial charge on any atom is -0.503 e. The van der Waals surface area contributed by atoms with Gasteiger partial charge in [0, 0.05) is 12.5 Å². The lowest BCUT2D eigenvalue weighted by Crippen LogP contribution is -2.31. The summed E-state index contributed by atoms with van der Waals surface area (Å²) < 4.78 is 10.6. The first-order valence-corrected chi connectivity index (χ1v) is 8.14. The highest BCUT2D eigenvalue weighted by Crippen LogP contribution is 2.44. The van der Waals surface area contributed by atoms with E-state index in [0.717, 1.165) is 12.8 Å². The van der Waals surface area contributed by atoms with Crippen molar-refractivity contribution in [3.05, 3.63) is 47.7 Å². The second-order valence-electron chi connectivity index (χ2n) is 6.16. The smallest absolute Gasteiger partial charge is 0.290 e. The highest BCUT2D eigenvalue weighted by Gasteiger charge is 2.46. The number of carbonyl (C=O) groups is 2. The van der Waals surface area contributed by atoms with E-state index < -0.39 is 17.7 Å². The lowest BCUT2D eigenvalue weighted by atomic mass is 9.94. The van der Waals surface area contributed by atoms with E-state index in [4.69, 9.17) is 9.47 Å². The van der Waals surface area contributed by atoms with E-state index in [-0.39, 0.29) is 23.8 Å². The zero-order valence-corrected chi connectivity index (χ0v) is 14.3. The van der Waals surface area contributed by atoms with Crippen LogP contribution in [-0.2, 0) is 9.59 Å². The lowest BCUT2D eigenvalue weighted by molar-refractivity contribution is -0.128. The number of amides is 1. The van der Waals surface area contributed by atoms with Crippen LogP contribution in [0.3, 0.4) is 0 Å². The molecule has 0 aromatic heterocycles. The molecule has 1 N–H and O–H groups in total. The number of ketones is 1. The van der Waals surface area contributed by atoms with E-state index in [0.29, 0.717) is 17.1 Å². The molecule has 25 heavy (non-hydrogen) atoms. The summed E-state index contributed by atoms with van der Waals surface area (Å²) in [7, 11) is 3.06. The molecule has 0 bridgehead atoms. The van der Waals surface area contributed by atoms with Gasteiger partial charge in [0.15, 0.2) is 23.0 Å². The fourth-order valence-corrected chi connectivity index (χ4v) is 3.17. The molecule has 1 aromatic rings. The molecule has 1 aliphatic carbocycles. The molecule has 1 fully saturated rings. The van der Waals surface area contributed by atoms with Crippen molar-refractivity contribution in [2.24, 2.45) is 5.92 Å². The van der Waals surface area contributed by atoms with Gasteiger partial charge in [-0.1, -0.05) is 12.1 Å². The first-order chi connectivity index (χ1) is 12.0. The first kappa shape index (κ1) is 17.1. The van der Waals surface area contributed by atoms with Crippen molar-refractivity contribution in [3.8, 4) is 11.5 Å². The Labute approximate surface area is 146 Å². The van der Waals surface area contributed by atoms with Crippen molar-refractivity contribution in [2.45, 2.75) is 18.9 Å². The topological polar surface area (TPSA) is 76.1 Å². The summed E-state index contributed by atoms with van der Waals surface area (Å²) in [6.45, 7) is 3.89. The molecule has 1 amide bonds. The molecule has 2 aliphatic rings. The van der Waals surface area contributed by atoms with E-state index in [2.05, 4.69) is 6.58 Å². The van der Waals surface area contributed by atoms with Crippen molar-refractivity contribution in [1.82, 2.24) is 4.90 Å². The summed E-state index contributed by atoms with van der Waals surface area (Å²) in [5.41, 5.74) is 0.850. The van der Waals surface area contributed by atoms with Gasteiger partial charge < -0.3 is 19.5 Å². The predicted octanol–water partition coefficient (Wildman–Crippen LogP) is 2.56. The van der Waals surface area contributed by atoms with Crippen molar-refractivity contribution in [1.29, 1.82) is 0 Å². The van der Waals surface area contributed by atoms with Gasteiger partial charge in [0.05, 0.1) is 25.8 Å². The molecule has 1 saturated carbocycles. The Hall–Kier alpha value is -2.76. The molecule has 0 radical (unpaired) electrons. The monoisotopic (exact) mass is 343 g/mol. The van der Waals surface area contributed by atoms with E-state index >= 15 is 0 Å². The largest absolute Gasteiger partial charge is 0.503 e. The Kier molecular flexibility index (Phi) is 4.53. The molecular weight excluding hydrogens is 322 g/mol. The van der Waals surface area contributed by atoms with E-state index in [1.165, 1.54) is 19.1 Å². The zero-order chi connectivity index (χ0) is 18.1. The third kappa shape index (κ3) is 2.88. The number of carbonyl (C=O) groups excluding carboxylic acids is 2. The fraction of sp³-hybridized carbons (Fsp3) is 0.368. The molecule has 6 heteroatoms. The third-order valence-corrected chi connectivity index (χ3v) is 4.57. The Morgan fingerprint density at radius 3 is 2.56 bits per heavy atom. The molecule has 132 valence electrons. The number of hydrogen-bond donors (Lipinski definition) is 1. The number of ether oxygens (including phenoxy) is 2. The minimum atomic E-state index is -0.654. The van der Waals surface area contributed by atoms with Crippen LogP contribution in [0.1, 0.15) is 24.4 Å². The second-order valence-corrected chi connectivity index (χ2v) is 6.16. The molecular formula is C19H21NO5. The number of nitrogens with zero attached hydrogens (tertiary/aromatic N) is 1. The molecule has 0 saturated heterocycles. The molecule has 0 unspecified atom stereocenters. The Balaban J connectivity index is 2.09. The Morgan fingerprint density at radius 1 is 1.32 bits per heavy atom. The van der Waals surface area contributed by atoms with E-state index in [1.54, 1.807) is 24.3 Å². The fourth-order valence-electron chi connectivity index (χ4n) is 3.17. The maximum absolute atomic E-state index is 12.7. The molecule has 1 heterocycles. The van der Waals surface area contributed by atoms with Crippen LogP contribution in [0.25, 0.3) is 0 Å². The maximum atomic E-state index is 12.7. The number of Topliss-reactive ketones (excluding diaryl/α,β-unsaturated/α-hetero) is 1. The predicted molar refractivity (Wildman–Crippen MR) is 91.6 cm³/mol. The van der Waals surface area contributed by atoms with Crippen LogP contribution in [0, 0.1) is 5.92 Å². The van der Waals surface area contributed by atoms with Gasteiger partial charge in [-0.05, 0) is 30.5 Å². The molecule has 6 nitrogen and oxygen atoms in total.